The standard InChI is InChI=1S/C18H20BrNO4S/c1-3-16-20-14(11-25-16)9-18(22)24-15(10-17(21)23-4-2)12-5-7-13(19)8-6-12/h5-8,11,15H,3-4,9-10H2,1-2H3/t15-/m0/s1. The second kappa shape index (κ2) is 9.68. The zero-order chi connectivity index (χ0) is 18.2. The number of aromatic nitrogens is 1. The third kappa shape index (κ3) is 6.25. The lowest BCUT2D eigenvalue weighted by molar-refractivity contribution is -0.154. The van der Waals surface area contributed by atoms with Crippen LogP contribution in [-0.2, 0) is 31.9 Å². The van der Waals surface area contributed by atoms with E-state index in [2.05, 4.69) is 20.9 Å². The molecule has 0 aliphatic rings. The molecule has 1 heterocycles. The molecule has 0 saturated heterocycles. The second-order valence-corrected chi connectivity index (χ2v) is 7.16. The van der Waals surface area contributed by atoms with Gasteiger partial charge in [-0.15, -0.1) is 11.3 Å². The fourth-order valence-corrected chi connectivity index (χ4v) is 3.23. The number of ether oxygens (including phenoxy) is 2. The lowest BCUT2D eigenvalue weighted by atomic mass is 10.1. The van der Waals surface area contributed by atoms with E-state index in [1.165, 1.54) is 11.3 Å². The van der Waals surface area contributed by atoms with Crippen molar-refractivity contribution < 1.29 is 19.1 Å². The molecular weight excluding hydrogens is 406 g/mol. The zero-order valence-electron chi connectivity index (χ0n) is 14.2. The number of carbonyl (C=O) groups excluding carboxylic acids is 2. The highest BCUT2D eigenvalue weighted by molar-refractivity contribution is 9.10. The second-order valence-electron chi connectivity index (χ2n) is 5.30. The van der Waals surface area contributed by atoms with E-state index in [1.807, 2.05) is 36.6 Å². The first-order valence-electron chi connectivity index (χ1n) is 8.05. The lowest BCUT2D eigenvalue weighted by Crippen LogP contribution is -2.18. The minimum atomic E-state index is -0.677. The van der Waals surface area contributed by atoms with Crippen LogP contribution in [0.25, 0.3) is 0 Å². The summed E-state index contributed by atoms with van der Waals surface area (Å²) >= 11 is 4.90. The first-order chi connectivity index (χ1) is 12.0. The molecule has 7 heteroatoms. The molecule has 0 aliphatic heterocycles. The maximum atomic E-state index is 12.3. The topological polar surface area (TPSA) is 65.5 Å². The molecule has 1 atom stereocenters. The van der Waals surface area contributed by atoms with Gasteiger partial charge in [0.05, 0.1) is 30.2 Å². The number of halogens is 1. The normalized spacial score (nSPS) is 11.8. The van der Waals surface area contributed by atoms with Crippen LogP contribution in [0.3, 0.4) is 0 Å². The van der Waals surface area contributed by atoms with Gasteiger partial charge in [-0.2, -0.15) is 0 Å². The van der Waals surface area contributed by atoms with Gasteiger partial charge in [0.15, 0.2) is 0 Å². The molecule has 5 nitrogen and oxygen atoms in total. The van der Waals surface area contributed by atoms with Gasteiger partial charge in [0.25, 0.3) is 0 Å². The summed E-state index contributed by atoms with van der Waals surface area (Å²) in [7, 11) is 0. The molecule has 0 unspecified atom stereocenters. The van der Waals surface area contributed by atoms with Gasteiger partial charge < -0.3 is 9.47 Å². The molecule has 1 aromatic heterocycles. The van der Waals surface area contributed by atoms with Crippen LogP contribution in [-0.4, -0.2) is 23.5 Å². The summed E-state index contributed by atoms with van der Waals surface area (Å²) in [5.74, 6) is -0.810. The van der Waals surface area contributed by atoms with Gasteiger partial charge in [0.2, 0.25) is 0 Å². The Hall–Kier alpha value is -1.73. The molecule has 2 rings (SSSR count). The van der Waals surface area contributed by atoms with Crippen LogP contribution < -0.4 is 0 Å². The molecule has 0 fully saturated rings. The van der Waals surface area contributed by atoms with Crippen molar-refractivity contribution in [2.75, 3.05) is 6.61 Å². The van der Waals surface area contributed by atoms with E-state index in [-0.39, 0.29) is 12.8 Å². The van der Waals surface area contributed by atoms with Gasteiger partial charge in [-0.05, 0) is 31.0 Å². The Kier molecular flexibility index (Phi) is 7.58. The van der Waals surface area contributed by atoms with Crippen molar-refractivity contribution in [3.05, 3.63) is 50.4 Å². The van der Waals surface area contributed by atoms with E-state index >= 15 is 0 Å². The van der Waals surface area contributed by atoms with Gasteiger partial charge in [-0.1, -0.05) is 35.0 Å². The van der Waals surface area contributed by atoms with Gasteiger partial charge >= 0.3 is 11.9 Å². The van der Waals surface area contributed by atoms with E-state index in [0.29, 0.717) is 12.3 Å². The number of esters is 2. The summed E-state index contributed by atoms with van der Waals surface area (Å²) in [5.41, 5.74) is 1.44. The van der Waals surface area contributed by atoms with Gasteiger partial charge in [0, 0.05) is 9.85 Å². The Balaban J connectivity index is 2.07. The fourth-order valence-electron chi connectivity index (χ4n) is 2.22. The minimum absolute atomic E-state index is 0.0154. The zero-order valence-corrected chi connectivity index (χ0v) is 16.6. The summed E-state index contributed by atoms with van der Waals surface area (Å²) in [6.07, 6.45) is 0.235. The fraction of sp³-hybridized carbons (Fsp3) is 0.389. The smallest absolute Gasteiger partial charge is 0.312 e. The number of rotatable bonds is 8. The molecule has 2 aromatic rings. The lowest BCUT2D eigenvalue weighted by Gasteiger charge is -2.17. The van der Waals surface area contributed by atoms with Crippen molar-refractivity contribution in [3.8, 4) is 0 Å². The summed E-state index contributed by atoms with van der Waals surface area (Å²) in [6, 6.07) is 7.32. The Morgan fingerprint density at radius 2 is 1.92 bits per heavy atom. The van der Waals surface area contributed by atoms with E-state index in [1.54, 1.807) is 6.92 Å². The minimum Gasteiger partial charge on any atom is -0.466 e. The average molecular weight is 426 g/mol. The highest BCUT2D eigenvalue weighted by atomic mass is 79.9. The number of hydrogen-bond donors (Lipinski definition) is 0. The number of thiazole rings is 1. The monoisotopic (exact) mass is 425 g/mol. The summed E-state index contributed by atoms with van der Waals surface area (Å²) in [4.78, 5) is 28.5. The summed E-state index contributed by atoms with van der Waals surface area (Å²) in [5, 5.41) is 2.85. The molecule has 0 amide bonds. The van der Waals surface area contributed by atoms with Gasteiger partial charge in [0.1, 0.15) is 6.10 Å². The third-order valence-corrected chi connectivity index (χ3v) is 4.97. The van der Waals surface area contributed by atoms with E-state index < -0.39 is 18.0 Å². The predicted octanol–water partition coefficient (Wildman–Crippen LogP) is 4.25. The first-order valence-corrected chi connectivity index (χ1v) is 9.72. The van der Waals surface area contributed by atoms with Crippen LogP contribution in [0.1, 0.15) is 42.6 Å². The van der Waals surface area contributed by atoms with Crippen LogP contribution >= 0.6 is 27.3 Å². The van der Waals surface area contributed by atoms with Crippen molar-refractivity contribution >= 4 is 39.2 Å². The molecule has 0 saturated carbocycles. The quantitative estimate of drug-likeness (QED) is 0.591. The van der Waals surface area contributed by atoms with Gasteiger partial charge in [-0.3, -0.25) is 9.59 Å². The van der Waals surface area contributed by atoms with Crippen LogP contribution in [0.2, 0.25) is 0 Å². The molecule has 0 N–H and O–H groups in total. The van der Waals surface area contributed by atoms with Crippen LogP contribution in [0.5, 0.6) is 0 Å². The Bertz CT molecular complexity index is 714. The van der Waals surface area contributed by atoms with Crippen molar-refractivity contribution in [1.29, 1.82) is 0 Å². The van der Waals surface area contributed by atoms with E-state index in [4.69, 9.17) is 9.47 Å². The number of nitrogens with zero attached hydrogens (tertiary/aromatic N) is 1. The molecule has 0 aliphatic carbocycles. The highest BCUT2D eigenvalue weighted by Gasteiger charge is 2.22. The van der Waals surface area contributed by atoms with Crippen molar-refractivity contribution in [1.82, 2.24) is 4.98 Å². The number of aryl methyl sites for hydroxylation is 1. The summed E-state index contributed by atoms with van der Waals surface area (Å²) < 4.78 is 11.4. The Morgan fingerprint density at radius 1 is 1.20 bits per heavy atom. The number of benzene rings is 1. The average Bonchev–Trinajstić information content (AvgIpc) is 3.02. The van der Waals surface area contributed by atoms with Gasteiger partial charge in [-0.25, -0.2) is 4.98 Å². The molecule has 0 spiro atoms. The molecule has 0 bridgehead atoms. The SMILES string of the molecule is CCOC(=O)C[C@H](OC(=O)Cc1csc(CC)n1)c1ccc(Br)cc1. The van der Waals surface area contributed by atoms with Crippen molar-refractivity contribution in [2.45, 2.75) is 39.2 Å². The molecular formula is C18H20BrNO4S. The molecule has 134 valence electrons. The van der Waals surface area contributed by atoms with Crippen LogP contribution in [0.4, 0.5) is 0 Å². The molecule has 1 aromatic carbocycles. The van der Waals surface area contributed by atoms with Crippen molar-refractivity contribution in [3.63, 3.8) is 0 Å². The van der Waals surface area contributed by atoms with E-state index in [0.717, 1.165) is 21.5 Å². The molecule has 25 heavy (non-hydrogen) atoms. The largest absolute Gasteiger partial charge is 0.466 e. The predicted molar refractivity (Wildman–Crippen MR) is 99.4 cm³/mol. The summed E-state index contributed by atoms with van der Waals surface area (Å²) in [6.45, 7) is 4.05. The Labute approximate surface area is 159 Å². The maximum Gasteiger partial charge on any atom is 0.312 e. The first kappa shape index (κ1) is 19.6. The van der Waals surface area contributed by atoms with E-state index in [9.17, 15) is 9.59 Å². The van der Waals surface area contributed by atoms with Crippen LogP contribution in [0.15, 0.2) is 34.1 Å². The number of carbonyl (C=O) groups is 2. The number of hydrogen-bond acceptors (Lipinski definition) is 6. The third-order valence-electron chi connectivity index (χ3n) is 3.40. The van der Waals surface area contributed by atoms with Crippen molar-refractivity contribution in [2.24, 2.45) is 0 Å². The highest BCUT2D eigenvalue weighted by Crippen LogP contribution is 2.24. The van der Waals surface area contributed by atoms with Crippen LogP contribution in [0, 0.1) is 0 Å². The Morgan fingerprint density at radius 3 is 2.52 bits per heavy atom. The molecule has 0 radical (unpaired) electrons. The maximum absolute atomic E-state index is 12.3.